The second-order valence-corrected chi connectivity index (χ2v) is 8.20. The molecule has 2 heterocycles. The van der Waals surface area contributed by atoms with Crippen LogP contribution in [0.5, 0.6) is 0 Å². The van der Waals surface area contributed by atoms with E-state index in [1.54, 1.807) is 19.1 Å². The second-order valence-electron chi connectivity index (χ2n) is 3.82. The summed E-state index contributed by atoms with van der Waals surface area (Å²) in [6.45, 7) is 1.77. The van der Waals surface area contributed by atoms with Gasteiger partial charge in [-0.3, -0.25) is 4.98 Å². The molecule has 0 fully saturated rings. The number of hydrogen-bond donors (Lipinski definition) is 1. The van der Waals surface area contributed by atoms with Gasteiger partial charge in [0.25, 0.3) is 0 Å². The number of hydrogen-bond acceptors (Lipinski definition) is 4. The lowest BCUT2D eigenvalue weighted by Gasteiger charge is -2.12. The molecule has 2 aromatic heterocycles. The summed E-state index contributed by atoms with van der Waals surface area (Å²) in [6, 6.07) is 4.71. The largest absolute Gasteiger partial charge is 0.262 e. The van der Waals surface area contributed by atoms with E-state index in [9.17, 15) is 8.42 Å². The van der Waals surface area contributed by atoms with Gasteiger partial charge in [-0.1, -0.05) is 11.6 Å². The van der Waals surface area contributed by atoms with E-state index in [0.717, 1.165) is 4.88 Å². The first-order valence-electron chi connectivity index (χ1n) is 5.26. The Labute approximate surface area is 129 Å². The average molecular weight is 382 g/mol. The van der Waals surface area contributed by atoms with E-state index in [1.165, 1.54) is 29.8 Å². The zero-order valence-electron chi connectivity index (χ0n) is 9.80. The maximum atomic E-state index is 12.2. The molecule has 102 valence electrons. The zero-order chi connectivity index (χ0) is 14.0. The van der Waals surface area contributed by atoms with Crippen molar-refractivity contribution in [3.63, 3.8) is 0 Å². The van der Waals surface area contributed by atoms with Gasteiger partial charge in [0.2, 0.25) is 10.0 Å². The summed E-state index contributed by atoms with van der Waals surface area (Å²) >= 11 is 10.4. The van der Waals surface area contributed by atoms with Crippen LogP contribution in [0.3, 0.4) is 0 Å². The van der Waals surface area contributed by atoms with Crippen molar-refractivity contribution in [2.45, 2.75) is 17.9 Å². The zero-order valence-corrected chi connectivity index (χ0v) is 13.8. The number of thiophene rings is 1. The first-order valence-corrected chi connectivity index (χ1v) is 8.73. The Morgan fingerprint density at radius 2 is 2.16 bits per heavy atom. The smallest absolute Gasteiger partial charge is 0.242 e. The highest BCUT2D eigenvalue weighted by Crippen LogP contribution is 2.27. The van der Waals surface area contributed by atoms with Crippen LogP contribution in [0.15, 0.2) is 40.0 Å². The summed E-state index contributed by atoms with van der Waals surface area (Å²) < 4.78 is 28.2. The van der Waals surface area contributed by atoms with Gasteiger partial charge in [-0.2, -0.15) is 0 Å². The quantitative estimate of drug-likeness (QED) is 0.880. The van der Waals surface area contributed by atoms with E-state index in [4.69, 9.17) is 11.6 Å². The van der Waals surface area contributed by atoms with Crippen molar-refractivity contribution in [1.82, 2.24) is 9.71 Å². The Hall–Kier alpha value is -0.470. The molecule has 0 amide bonds. The van der Waals surface area contributed by atoms with Crippen molar-refractivity contribution in [2.75, 3.05) is 0 Å². The van der Waals surface area contributed by atoms with Gasteiger partial charge < -0.3 is 0 Å². The SMILES string of the molecule is CC(NS(=O)(=O)c1cncc(Br)c1)c1ccc(Cl)s1. The summed E-state index contributed by atoms with van der Waals surface area (Å²) in [4.78, 5) is 4.83. The summed E-state index contributed by atoms with van der Waals surface area (Å²) in [7, 11) is -3.60. The van der Waals surface area contributed by atoms with E-state index in [1.807, 2.05) is 0 Å². The van der Waals surface area contributed by atoms with Gasteiger partial charge >= 0.3 is 0 Å². The topological polar surface area (TPSA) is 59.1 Å². The third-order valence-electron chi connectivity index (χ3n) is 2.34. The van der Waals surface area contributed by atoms with Crippen LogP contribution in [-0.4, -0.2) is 13.4 Å². The minimum atomic E-state index is -3.60. The number of sulfonamides is 1. The third-order valence-corrected chi connectivity index (χ3v) is 5.70. The molecule has 1 atom stereocenters. The molecule has 0 radical (unpaired) electrons. The lowest BCUT2D eigenvalue weighted by molar-refractivity contribution is 0.568. The molecular formula is C11H10BrClN2O2S2. The molecule has 19 heavy (non-hydrogen) atoms. The van der Waals surface area contributed by atoms with Crippen molar-refractivity contribution >= 4 is 48.9 Å². The van der Waals surface area contributed by atoms with Crippen LogP contribution in [0.2, 0.25) is 4.34 Å². The Morgan fingerprint density at radius 1 is 1.42 bits per heavy atom. The number of halogens is 2. The number of pyridine rings is 1. The molecule has 0 aliphatic rings. The molecule has 1 N–H and O–H groups in total. The molecule has 2 rings (SSSR count). The fourth-order valence-corrected chi connectivity index (χ4v) is 4.32. The van der Waals surface area contributed by atoms with Crippen molar-refractivity contribution in [1.29, 1.82) is 0 Å². The van der Waals surface area contributed by atoms with Crippen LogP contribution in [0.1, 0.15) is 17.8 Å². The second kappa shape index (κ2) is 5.88. The first-order chi connectivity index (χ1) is 8.88. The minimum absolute atomic E-state index is 0.122. The van der Waals surface area contributed by atoms with Gasteiger partial charge in [-0.25, -0.2) is 13.1 Å². The van der Waals surface area contributed by atoms with Crippen LogP contribution in [0, 0.1) is 0 Å². The Kier molecular flexibility index (Phi) is 4.62. The van der Waals surface area contributed by atoms with Crippen molar-refractivity contribution in [3.8, 4) is 0 Å². The van der Waals surface area contributed by atoms with Crippen LogP contribution >= 0.6 is 38.9 Å². The number of nitrogens with zero attached hydrogens (tertiary/aromatic N) is 1. The molecule has 8 heteroatoms. The van der Waals surface area contributed by atoms with Crippen molar-refractivity contribution in [2.24, 2.45) is 0 Å². The average Bonchev–Trinajstić information content (AvgIpc) is 2.75. The standard InChI is InChI=1S/C11H10BrClN2O2S2/c1-7(10-2-3-11(13)18-10)15-19(16,17)9-4-8(12)5-14-6-9/h2-7,15H,1H3. The molecule has 1 unspecified atom stereocenters. The van der Waals surface area contributed by atoms with E-state index in [-0.39, 0.29) is 10.9 Å². The monoisotopic (exact) mass is 380 g/mol. The summed E-state index contributed by atoms with van der Waals surface area (Å²) in [5.41, 5.74) is 0. The molecule has 2 aromatic rings. The summed E-state index contributed by atoms with van der Waals surface area (Å²) in [6.07, 6.45) is 2.84. The van der Waals surface area contributed by atoms with Gasteiger partial charge in [-0.05, 0) is 41.1 Å². The molecule has 4 nitrogen and oxygen atoms in total. The molecule has 0 aliphatic carbocycles. The summed E-state index contributed by atoms with van der Waals surface area (Å²) in [5.74, 6) is 0. The van der Waals surface area contributed by atoms with Crippen LogP contribution in [-0.2, 0) is 10.0 Å². The van der Waals surface area contributed by atoms with E-state index < -0.39 is 10.0 Å². The molecule has 0 saturated heterocycles. The van der Waals surface area contributed by atoms with Gasteiger partial charge in [0, 0.05) is 21.7 Å². The Balaban J connectivity index is 2.22. The lowest BCUT2D eigenvalue weighted by atomic mass is 10.3. The van der Waals surface area contributed by atoms with Crippen molar-refractivity contribution in [3.05, 3.63) is 44.3 Å². The van der Waals surface area contributed by atoms with Gasteiger partial charge in [-0.15, -0.1) is 11.3 Å². The lowest BCUT2D eigenvalue weighted by Crippen LogP contribution is -2.26. The Bertz CT molecular complexity index is 688. The highest BCUT2D eigenvalue weighted by atomic mass is 79.9. The number of rotatable bonds is 4. The predicted molar refractivity (Wildman–Crippen MR) is 80.0 cm³/mol. The highest BCUT2D eigenvalue weighted by Gasteiger charge is 2.19. The van der Waals surface area contributed by atoms with Gasteiger partial charge in [0.1, 0.15) is 4.90 Å². The molecule has 0 spiro atoms. The predicted octanol–water partition coefficient (Wildman–Crippen LogP) is 3.60. The maximum absolute atomic E-state index is 12.2. The fourth-order valence-electron chi connectivity index (χ4n) is 1.46. The molecule has 0 bridgehead atoms. The molecule has 0 aliphatic heterocycles. The van der Waals surface area contributed by atoms with E-state index >= 15 is 0 Å². The highest BCUT2D eigenvalue weighted by molar-refractivity contribution is 9.10. The molecular weight excluding hydrogens is 372 g/mol. The van der Waals surface area contributed by atoms with Crippen LogP contribution in [0.4, 0.5) is 0 Å². The van der Waals surface area contributed by atoms with Crippen LogP contribution < -0.4 is 4.72 Å². The maximum Gasteiger partial charge on any atom is 0.242 e. The van der Waals surface area contributed by atoms with Crippen molar-refractivity contribution < 1.29 is 8.42 Å². The van der Waals surface area contributed by atoms with E-state index in [2.05, 4.69) is 25.6 Å². The van der Waals surface area contributed by atoms with Crippen LogP contribution in [0.25, 0.3) is 0 Å². The fraction of sp³-hybridized carbons (Fsp3) is 0.182. The Morgan fingerprint density at radius 3 is 2.74 bits per heavy atom. The normalized spacial score (nSPS) is 13.4. The minimum Gasteiger partial charge on any atom is -0.262 e. The van der Waals surface area contributed by atoms with E-state index in [0.29, 0.717) is 8.81 Å². The number of aromatic nitrogens is 1. The molecule has 0 aromatic carbocycles. The number of nitrogens with one attached hydrogen (secondary N) is 1. The first kappa shape index (κ1) is 14.9. The third kappa shape index (κ3) is 3.76. The summed E-state index contributed by atoms with van der Waals surface area (Å²) in [5, 5.41) is 0. The molecule has 0 saturated carbocycles. The van der Waals surface area contributed by atoms with Gasteiger partial charge in [0.15, 0.2) is 0 Å². The van der Waals surface area contributed by atoms with Gasteiger partial charge in [0.05, 0.1) is 10.4 Å².